The Morgan fingerprint density at radius 1 is 1.03 bits per heavy atom. The van der Waals surface area contributed by atoms with E-state index in [2.05, 4.69) is 24.5 Å². The van der Waals surface area contributed by atoms with Gasteiger partial charge in [0.1, 0.15) is 5.76 Å². The van der Waals surface area contributed by atoms with Crippen molar-refractivity contribution < 1.29 is 19.1 Å². The molecule has 30 heavy (non-hydrogen) atoms. The number of rotatable bonds is 5. The number of nitrogens with one attached hydrogen (secondary N) is 2. The molecular weight excluding hydrogens is 400 g/mol. The maximum absolute atomic E-state index is 12.4. The third-order valence-corrected chi connectivity index (χ3v) is 4.85. The average Bonchev–Trinajstić information content (AvgIpc) is 3.19. The molecule has 3 aromatic rings. The summed E-state index contributed by atoms with van der Waals surface area (Å²) in [6.45, 7) is 6.08. The number of hydrogen-bond acceptors (Lipinski definition) is 4. The molecule has 0 atom stereocenters. The lowest BCUT2D eigenvalue weighted by molar-refractivity contribution is 0.0663. The largest absolute Gasteiger partial charge is 0.475 e. The molecule has 0 saturated carbocycles. The lowest BCUT2D eigenvalue weighted by Crippen LogP contribution is -2.34. The fourth-order valence-electron chi connectivity index (χ4n) is 2.92. The van der Waals surface area contributed by atoms with Gasteiger partial charge in [0.25, 0.3) is 5.91 Å². The fraction of sp³-hybridized carbons (Fsp3) is 0.174. The standard InChI is InChI=1S/C23H22N2O4S/c1-13(2)15-5-7-16(8-6-15)21(26)25-23(30)24-17-9-4-14(3)18(12-17)19-10-11-20(29-19)22(27)28/h4-13H,1-3H3,(H,27,28)(H2,24,25,26,30). The molecule has 6 nitrogen and oxygen atoms in total. The molecule has 7 heteroatoms. The molecule has 3 N–H and O–H groups in total. The normalized spacial score (nSPS) is 10.7. The van der Waals surface area contributed by atoms with E-state index in [1.807, 2.05) is 31.2 Å². The van der Waals surface area contributed by atoms with E-state index in [4.69, 9.17) is 21.7 Å². The van der Waals surface area contributed by atoms with Crippen LogP contribution in [0.2, 0.25) is 0 Å². The molecule has 0 aliphatic carbocycles. The van der Waals surface area contributed by atoms with Gasteiger partial charge in [0.05, 0.1) is 0 Å². The first-order chi connectivity index (χ1) is 14.2. The number of carbonyl (C=O) groups is 2. The second kappa shape index (κ2) is 8.92. The molecule has 0 radical (unpaired) electrons. The highest BCUT2D eigenvalue weighted by atomic mass is 32.1. The van der Waals surface area contributed by atoms with E-state index < -0.39 is 5.97 Å². The zero-order chi connectivity index (χ0) is 21.8. The monoisotopic (exact) mass is 422 g/mol. The molecule has 1 amide bonds. The predicted octanol–water partition coefficient (Wildman–Crippen LogP) is 5.20. The van der Waals surface area contributed by atoms with Gasteiger partial charge in [-0.2, -0.15) is 0 Å². The van der Waals surface area contributed by atoms with E-state index in [0.717, 1.165) is 16.7 Å². The second-order valence-corrected chi connectivity index (χ2v) is 7.59. The Kier molecular flexibility index (Phi) is 6.32. The van der Waals surface area contributed by atoms with Crippen molar-refractivity contribution in [3.63, 3.8) is 0 Å². The molecule has 0 fully saturated rings. The summed E-state index contributed by atoms with van der Waals surface area (Å²) >= 11 is 5.27. The maximum Gasteiger partial charge on any atom is 0.371 e. The van der Waals surface area contributed by atoms with E-state index in [1.54, 1.807) is 24.3 Å². The molecular formula is C23H22N2O4S. The molecule has 0 aliphatic rings. The summed E-state index contributed by atoms with van der Waals surface area (Å²) < 4.78 is 5.39. The molecule has 0 aliphatic heterocycles. The van der Waals surface area contributed by atoms with Gasteiger partial charge in [0, 0.05) is 16.8 Å². The average molecular weight is 423 g/mol. The molecule has 0 bridgehead atoms. The van der Waals surface area contributed by atoms with Crippen LogP contribution in [0, 0.1) is 6.92 Å². The Balaban J connectivity index is 1.70. The number of carbonyl (C=O) groups excluding carboxylic acids is 1. The van der Waals surface area contributed by atoms with Crippen molar-refractivity contribution in [1.82, 2.24) is 5.32 Å². The van der Waals surface area contributed by atoms with Gasteiger partial charge in [-0.25, -0.2) is 4.79 Å². The third kappa shape index (κ3) is 4.93. The summed E-state index contributed by atoms with van der Waals surface area (Å²) in [4.78, 5) is 23.5. The summed E-state index contributed by atoms with van der Waals surface area (Å²) in [6, 6.07) is 15.9. The van der Waals surface area contributed by atoms with Crippen LogP contribution < -0.4 is 10.6 Å². The van der Waals surface area contributed by atoms with Gasteiger partial charge in [0.15, 0.2) is 5.11 Å². The van der Waals surface area contributed by atoms with Crippen molar-refractivity contribution in [2.24, 2.45) is 0 Å². The van der Waals surface area contributed by atoms with Crippen LogP contribution >= 0.6 is 12.2 Å². The van der Waals surface area contributed by atoms with E-state index >= 15 is 0 Å². The van der Waals surface area contributed by atoms with Gasteiger partial charge < -0.3 is 14.8 Å². The van der Waals surface area contributed by atoms with Crippen molar-refractivity contribution in [3.05, 3.63) is 77.0 Å². The van der Waals surface area contributed by atoms with Crippen LogP contribution in [-0.4, -0.2) is 22.1 Å². The van der Waals surface area contributed by atoms with Crippen molar-refractivity contribution >= 4 is 34.9 Å². The van der Waals surface area contributed by atoms with Crippen LogP contribution in [0.1, 0.15) is 51.8 Å². The minimum atomic E-state index is -1.13. The van der Waals surface area contributed by atoms with Crippen LogP contribution in [0.15, 0.2) is 59.0 Å². The molecule has 3 rings (SSSR count). The SMILES string of the molecule is Cc1ccc(NC(=S)NC(=O)c2ccc(C(C)C)cc2)cc1-c1ccc(C(=O)O)o1. The van der Waals surface area contributed by atoms with Crippen LogP contribution in [0.3, 0.4) is 0 Å². The Hall–Kier alpha value is -3.45. The molecule has 0 spiro atoms. The number of thiocarbonyl (C=S) groups is 1. The molecule has 1 aromatic heterocycles. The highest BCUT2D eigenvalue weighted by molar-refractivity contribution is 7.80. The molecule has 1 heterocycles. The molecule has 0 unspecified atom stereocenters. The van der Waals surface area contributed by atoms with E-state index in [9.17, 15) is 9.59 Å². The van der Waals surface area contributed by atoms with Crippen LogP contribution in [-0.2, 0) is 0 Å². The maximum atomic E-state index is 12.4. The van der Waals surface area contributed by atoms with Gasteiger partial charge in [0.2, 0.25) is 5.76 Å². The summed E-state index contributed by atoms with van der Waals surface area (Å²) in [6.07, 6.45) is 0. The van der Waals surface area contributed by atoms with Crippen molar-refractivity contribution in [1.29, 1.82) is 0 Å². The fourth-order valence-corrected chi connectivity index (χ4v) is 3.13. The lowest BCUT2D eigenvalue weighted by atomic mass is 10.0. The number of benzene rings is 2. The van der Waals surface area contributed by atoms with Crippen molar-refractivity contribution in [2.45, 2.75) is 26.7 Å². The lowest BCUT2D eigenvalue weighted by Gasteiger charge is -2.12. The molecule has 0 saturated heterocycles. The number of aryl methyl sites for hydroxylation is 1. The highest BCUT2D eigenvalue weighted by Crippen LogP contribution is 2.28. The topological polar surface area (TPSA) is 91.6 Å². The first-order valence-corrected chi connectivity index (χ1v) is 9.82. The molecule has 154 valence electrons. The van der Waals surface area contributed by atoms with Gasteiger partial charge in [-0.3, -0.25) is 10.1 Å². The Labute approximate surface area is 179 Å². The molecule has 2 aromatic carbocycles. The van der Waals surface area contributed by atoms with E-state index in [1.165, 1.54) is 6.07 Å². The van der Waals surface area contributed by atoms with Gasteiger partial charge in [-0.15, -0.1) is 0 Å². The minimum absolute atomic E-state index is 0.131. The summed E-state index contributed by atoms with van der Waals surface area (Å²) in [5, 5.41) is 14.9. The Morgan fingerprint density at radius 2 is 1.73 bits per heavy atom. The second-order valence-electron chi connectivity index (χ2n) is 7.18. The third-order valence-electron chi connectivity index (χ3n) is 4.64. The number of anilines is 1. The van der Waals surface area contributed by atoms with Crippen molar-refractivity contribution in [3.8, 4) is 11.3 Å². The Morgan fingerprint density at radius 3 is 2.33 bits per heavy atom. The van der Waals surface area contributed by atoms with E-state index in [-0.39, 0.29) is 16.8 Å². The predicted molar refractivity (Wildman–Crippen MR) is 120 cm³/mol. The number of carboxylic acids is 1. The van der Waals surface area contributed by atoms with Gasteiger partial charge >= 0.3 is 5.97 Å². The van der Waals surface area contributed by atoms with Crippen LogP contribution in [0.5, 0.6) is 0 Å². The summed E-state index contributed by atoms with van der Waals surface area (Å²) in [5.74, 6) is -0.727. The first kappa shape index (κ1) is 21.3. The minimum Gasteiger partial charge on any atom is -0.475 e. The summed E-state index contributed by atoms with van der Waals surface area (Å²) in [5.41, 5.74) is 3.95. The van der Waals surface area contributed by atoms with Gasteiger partial charge in [-0.1, -0.05) is 32.0 Å². The van der Waals surface area contributed by atoms with Crippen molar-refractivity contribution in [2.75, 3.05) is 5.32 Å². The zero-order valence-corrected chi connectivity index (χ0v) is 17.7. The smallest absolute Gasteiger partial charge is 0.371 e. The number of amides is 1. The first-order valence-electron chi connectivity index (χ1n) is 9.41. The van der Waals surface area contributed by atoms with Crippen LogP contribution in [0.4, 0.5) is 5.69 Å². The Bertz CT molecular complexity index is 1100. The summed E-state index contributed by atoms with van der Waals surface area (Å²) in [7, 11) is 0. The quantitative estimate of drug-likeness (QED) is 0.489. The van der Waals surface area contributed by atoms with E-state index in [0.29, 0.717) is 22.9 Å². The van der Waals surface area contributed by atoms with Crippen LogP contribution in [0.25, 0.3) is 11.3 Å². The van der Waals surface area contributed by atoms with Gasteiger partial charge in [-0.05, 0) is 72.6 Å². The highest BCUT2D eigenvalue weighted by Gasteiger charge is 2.14. The zero-order valence-electron chi connectivity index (χ0n) is 16.9. The number of hydrogen-bond donors (Lipinski definition) is 3. The number of furan rings is 1. The number of carboxylic acid groups (broad SMARTS) is 1. The number of aromatic carboxylic acids is 1.